The van der Waals surface area contributed by atoms with E-state index in [1.807, 2.05) is 18.4 Å². The molecule has 0 aliphatic rings. The maximum Gasteiger partial charge on any atom is 0.0345 e. The lowest BCUT2D eigenvalue weighted by Gasteiger charge is -2.01. The summed E-state index contributed by atoms with van der Waals surface area (Å²) in [6.07, 6.45) is 0. The number of rotatable bonds is 2. The minimum absolute atomic E-state index is 1.15. The summed E-state index contributed by atoms with van der Waals surface area (Å²) >= 11 is 1.83. The summed E-state index contributed by atoms with van der Waals surface area (Å²) in [6.45, 7) is 2.14. The fourth-order valence-electron chi connectivity index (χ4n) is 1.39. The molecule has 0 saturated heterocycles. The van der Waals surface area contributed by atoms with Crippen LogP contribution >= 0.6 is 11.3 Å². The fourth-order valence-corrected chi connectivity index (χ4v) is 2.26. The molecule has 1 aromatic carbocycles. The van der Waals surface area contributed by atoms with Gasteiger partial charge in [-0.2, -0.15) is 0 Å². The smallest absolute Gasteiger partial charge is 0.0345 e. The highest BCUT2D eigenvalue weighted by Crippen LogP contribution is 2.28. The van der Waals surface area contributed by atoms with Gasteiger partial charge in [0.05, 0.1) is 0 Å². The van der Waals surface area contributed by atoms with Crippen LogP contribution < -0.4 is 5.32 Å². The van der Waals surface area contributed by atoms with E-state index in [4.69, 9.17) is 0 Å². The third kappa shape index (κ3) is 1.80. The first-order chi connectivity index (χ1) is 6.79. The molecule has 2 aromatic rings. The zero-order chi connectivity index (χ0) is 9.97. The van der Waals surface area contributed by atoms with Crippen LogP contribution in [0.4, 0.5) is 5.69 Å². The molecule has 1 aromatic heterocycles. The Labute approximate surface area is 88.4 Å². The van der Waals surface area contributed by atoms with Crippen molar-refractivity contribution in [1.29, 1.82) is 0 Å². The molecule has 14 heavy (non-hydrogen) atoms. The molecule has 0 aliphatic heterocycles. The summed E-state index contributed by atoms with van der Waals surface area (Å²) in [5, 5.41) is 3.11. The first kappa shape index (κ1) is 9.28. The van der Waals surface area contributed by atoms with Crippen molar-refractivity contribution in [2.45, 2.75) is 6.92 Å². The molecule has 1 heterocycles. The normalized spacial score (nSPS) is 10.1. The second-order valence-electron chi connectivity index (χ2n) is 3.24. The molecular weight excluding hydrogens is 190 g/mol. The fraction of sp³-hybridized carbons (Fsp3) is 0.167. The van der Waals surface area contributed by atoms with Crippen molar-refractivity contribution in [3.8, 4) is 10.4 Å². The number of benzene rings is 1. The van der Waals surface area contributed by atoms with E-state index in [0.717, 1.165) is 5.69 Å². The van der Waals surface area contributed by atoms with E-state index in [-0.39, 0.29) is 0 Å². The summed E-state index contributed by atoms with van der Waals surface area (Å²) in [7, 11) is 1.93. The molecular formula is C12H13NS. The van der Waals surface area contributed by atoms with Crippen LogP contribution in [0.2, 0.25) is 0 Å². The standard InChI is InChI=1S/C12H13NS/c1-9-3-8-12(14-9)10-4-6-11(13-2)7-5-10/h3-8,13H,1-2H3. The Hall–Kier alpha value is -1.28. The minimum atomic E-state index is 1.15. The van der Waals surface area contributed by atoms with Gasteiger partial charge in [0.2, 0.25) is 0 Å². The molecule has 2 heteroatoms. The number of hydrogen-bond donors (Lipinski definition) is 1. The number of thiophene rings is 1. The first-order valence-electron chi connectivity index (χ1n) is 4.64. The second-order valence-corrected chi connectivity index (χ2v) is 4.53. The number of nitrogens with one attached hydrogen (secondary N) is 1. The summed E-state index contributed by atoms with van der Waals surface area (Å²) < 4.78 is 0. The lowest BCUT2D eigenvalue weighted by molar-refractivity contribution is 1.51. The lowest BCUT2D eigenvalue weighted by atomic mass is 10.2. The van der Waals surface area contributed by atoms with Gasteiger partial charge in [0.1, 0.15) is 0 Å². The van der Waals surface area contributed by atoms with Crippen molar-refractivity contribution in [3.63, 3.8) is 0 Å². The molecule has 0 amide bonds. The largest absolute Gasteiger partial charge is 0.388 e. The van der Waals surface area contributed by atoms with Crippen molar-refractivity contribution < 1.29 is 0 Å². The van der Waals surface area contributed by atoms with Crippen LogP contribution in [0.15, 0.2) is 36.4 Å². The van der Waals surface area contributed by atoms with E-state index in [9.17, 15) is 0 Å². The van der Waals surface area contributed by atoms with Crippen LogP contribution in [0, 0.1) is 6.92 Å². The molecule has 0 spiro atoms. The van der Waals surface area contributed by atoms with Crippen LogP contribution in [0.5, 0.6) is 0 Å². The highest BCUT2D eigenvalue weighted by Gasteiger charge is 1.99. The maximum absolute atomic E-state index is 3.11. The SMILES string of the molecule is CNc1ccc(-c2ccc(C)s2)cc1. The minimum Gasteiger partial charge on any atom is -0.388 e. The Kier molecular flexibility index (Phi) is 2.55. The Morgan fingerprint density at radius 1 is 1.00 bits per heavy atom. The van der Waals surface area contributed by atoms with Gasteiger partial charge in [-0.25, -0.2) is 0 Å². The quantitative estimate of drug-likeness (QED) is 0.783. The predicted molar refractivity (Wildman–Crippen MR) is 64.0 cm³/mol. The van der Waals surface area contributed by atoms with Crippen molar-refractivity contribution in [1.82, 2.24) is 0 Å². The van der Waals surface area contributed by atoms with E-state index < -0.39 is 0 Å². The number of hydrogen-bond acceptors (Lipinski definition) is 2. The van der Waals surface area contributed by atoms with Gasteiger partial charge in [-0.15, -0.1) is 11.3 Å². The molecule has 0 atom stereocenters. The van der Waals surface area contributed by atoms with E-state index in [2.05, 4.69) is 48.6 Å². The van der Waals surface area contributed by atoms with Crippen LogP contribution in [-0.2, 0) is 0 Å². The Balaban J connectivity index is 2.33. The van der Waals surface area contributed by atoms with Gasteiger partial charge < -0.3 is 5.32 Å². The monoisotopic (exact) mass is 203 g/mol. The third-order valence-electron chi connectivity index (χ3n) is 2.20. The van der Waals surface area contributed by atoms with Crippen molar-refractivity contribution in [2.24, 2.45) is 0 Å². The van der Waals surface area contributed by atoms with Crippen LogP contribution in [-0.4, -0.2) is 7.05 Å². The Morgan fingerprint density at radius 2 is 1.71 bits per heavy atom. The molecule has 0 aliphatic carbocycles. The molecule has 0 saturated carbocycles. The van der Waals surface area contributed by atoms with E-state index in [0.29, 0.717) is 0 Å². The Bertz CT molecular complexity index is 414. The van der Waals surface area contributed by atoms with E-state index in [1.165, 1.54) is 15.3 Å². The summed E-state index contributed by atoms with van der Waals surface area (Å²) in [5.41, 5.74) is 2.45. The predicted octanol–water partition coefficient (Wildman–Crippen LogP) is 3.77. The topological polar surface area (TPSA) is 12.0 Å². The van der Waals surface area contributed by atoms with Crippen molar-refractivity contribution in [3.05, 3.63) is 41.3 Å². The maximum atomic E-state index is 3.11. The van der Waals surface area contributed by atoms with Crippen LogP contribution in [0.3, 0.4) is 0 Å². The lowest BCUT2D eigenvalue weighted by Crippen LogP contribution is -1.86. The van der Waals surface area contributed by atoms with Crippen LogP contribution in [0.25, 0.3) is 10.4 Å². The van der Waals surface area contributed by atoms with Gasteiger partial charge in [0, 0.05) is 22.5 Å². The molecule has 0 fully saturated rings. The molecule has 1 N–H and O–H groups in total. The van der Waals surface area contributed by atoms with Gasteiger partial charge >= 0.3 is 0 Å². The highest BCUT2D eigenvalue weighted by molar-refractivity contribution is 7.15. The summed E-state index contributed by atoms with van der Waals surface area (Å²) in [5.74, 6) is 0. The zero-order valence-electron chi connectivity index (χ0n) is 8.37. The van der Waals surface area contributed by atoms with E-state index >= 15 is 0 Å². The summed E-state index contributed by atoms with van der Waals surface area (Å²) in [4.78, 5) is 2.70. The average Bonchev–Trinajstić information content (AvgIpc) is 2.65. The molecule has 2 rings (SSSR count). The number of aryl methyl sites for hydroxylation is 1. The van der Waals surface area contributed by atoms with Crippen molar-refractivity contribution >= 4 is 17.0 Å². The molecule has 72 valence electrons. The molecule has 1 nitrogen and oxygen atoms in total. The van der Waals surface area contributed by atoms with Gasteiger partial charge in [-0.3, -0.25) is 0 Å². The third-order valence-corrected chi connectivity index (χ3v) is 3.25. The van der Waals surface area contributed by atoms with Crippen LogP contribution in [0.1, 0.15) is 4.88 Å². The average molecular weight is 203 g/mol. The van der Waals surface area contributed by atoms with E-state index in [1.54, 1.807) is 0 Å². The van der Waals surface area contributed by atoms with Gasteiger partial charge in [0.15, 0.2) is 0 Å². The molecule has 0 radical (unpaired) electrons. The molecule has 0 bridgehead atoms. The zero-order valence-corrected chi connectivity index (χ0v) is 9.19. The van der Waals surface area contributed by atoms with Crippen molar-refractivity contribution in [2.75, 3.05) is 12.4 Å². The van der Waals surface area contributed by atoms with Gasteiger partial charge in [0.25, 0.3) is 0 Å². The highest BCUT2D eigenvalue weighted by atomic mass is 32.1. The summed E-state index contributed by atoms with van der Waals surface area (Å²) in [6, 6.07) is 12.8. The second kappa shape index (κ2) is 3.84. The van der Waals surface area contributed by atoms with Gasteiger partial charge in [-0.1, -0.05) is 12.1 Å². The van der Waals surface area contributed by atoms with Gasteiger partial charge in [-0.05, 0) is 36.8 Å². The Morgan fingerprint density at radius 3 is 2.21 bits per heavy atom. The number of anilines is 1. The first-order valence-corrected chi connectivity index (χ1v) is 5.46. The molecule has 0 unspecified atom stereocenters.